The van der Waals surface area contributed by atoms with Crippen LogP contribution in [0.1, 0.15) is 17.4 Å². The minimum absolute atomic E-state index is 0.0314. The second-order valence-corrected chi connectivity index (χ2v) is 7.79. The standard InChI is InChI=1S/C26H21N3O6/c1-3-29-25(31)17-10-5-4-9-16(17)24(28-29)26(32)34-14-23(30)27-19-13-21-18(12-22(19)33-2)15-8-6-7-11-20(15)35-21/h4-13H,3,14H2,1-2H3,(H,27,30). The van der Waals surface area contributed by atoms with Crippen LogP contribution in [0.4, 0.5) is 5.69 Å². The number of aryl methyl sites for hydroxylation is 1. The maximum Gasteiger partial charge on any atom is 0.359 e. The molecule has 5 rings (SSSR count). The number of furan rings is 1. The van der Waals surface area contributed by atoms with E-state index >= 15 is 0 Å². The Kier molecular flexibility index (Phi) is 5.66. The third kappa shape index (κ3) is 3.97. The quantitative estimate of drug-likeness (QED) is 0.371. The fourth-order valence-electron chi connectivity index (χ4n) is 4.00. The predicted octanol–water partition coefficient (Wildman–Crippen LogP) is 4.12. The van der Waals surface area contributed by atoms with Gasteiger partial charge in [-0.15, -0.1) is 0 Å². The Balaban J connectivity index is 1.37. The number of ether oxygens (including phenoxy) is 2. The van der Waals surface area contributed by atoms with Gasteiger partial charge < -0.3 is 19.2 Å². The van der Waals surface area contributed by atoms with Gasteiger partial charge in [-0.3, -0.25) is 9.59 Å². The van der Waals surface area contributed by atoms with Crippen molar-refractivity contribution in [2.24, 2.45) is 0 Å². The van der Waals surface area contributed by atoms with Gasteiger partial charge in [-0.2, -0.15) is 5.10 Å². The monoisotopic (exact) mass is 471 g/mol. The Bertz CT molecular complexity index is 1670. The average Bonchev–Trinajstić information content (AvgIpc) is 3.24. The van der Waals surface area contributed by atoms with Gasteiger partial charge in [0.1, 0.15) is 16.9 Å². The van der Waals surface area contributed by atoms with Gasteiger partial charge in [-0.1, -0.05) is 36.4 Å². The minimum Gasteiger partial charge on any atom is -0.495 e. The molecule has 176 valence electrons. The van der Waals surface area contributed by atoms with E-state index in [2.05, 4.69) is 10.4 Å². The molecule has 0 saturated carbocycles. The number of rotatable bonds is 6. The normalized spacial score (nSPS) is 11.1. The lowest BCUT2D eigenvalue weighted by atomic mass is 10.1. The van der Waals surface area contributed by atoms with Gasteiger partial charge in [0.25, 0.3) is 11.5 Å². The van der Waals surface area contributed by atoms with E-state index in [9.17, 15) is 14.4 Å². The van der Waals surface area contributed by atoms with Crippen LogP contribution >= 0.6 is 0 Å². The summed E-state index contributed by atoms with van der Waals surface area (Å²) in [6, 6.07) is 17.7. The first kappa shape index (κ1) is 22.1. The maximum absolute atomic E-state index is 12.8. The highest BCUT2D eigenvalue weighted by Crippen LogP contribution is 2.36. The zero-order valence-electron chi connectivity index (χ0n) is 19.0. The molecule has 3 aromatic carbocycles. The summed E-state index contributed by atoms with van der Waals surface area (Å²) in [5.74, 6) is -0.940. The van der Waals surface area contributed by atoms with E-state index in [1.807, 2.05) is 24.3 Å². The van der Waals surface area contributed by atoms with Crippen molar-refractivity contribution >= 4 is 50.3 Å². The molecule has 1 amide bonds. The number of nitrogens with zero attached hydrogens (tertiary/aromatic N) is 2. The van der Waals surface area contributed by atoms with Crippen molar-refractivity contribution in [2.75, 3.05) is 19.0 Å². The highest BCUT2D eigenvalue weighted by atomic mass is 16.5. The number of benzene rings is 3. The third-order valence-corrected chi connectivity index (χ3v) is 5.67. The van der Waals surface area contributed by atoms with E-state index in [4.69, 9.17) is 13.9 Å². The summed E-state index contributed by atoms with van der Waals surface area (Å²) in [5.41, 5.74) is 1.34. The zero-order valence-corrected chi connectivity index (χ0v) is 19.0. The van der Waals surface area contributed by atoms with Crippen LogP contribution in [0.5, 0.6) is 5.75 Å². The molecule has 1 N–H and O–H groups in total. The molecular weight excluding hydrogens is 450 g/mol. The molecule has 0 aliphatic heterocycles. The molecule has 0 spiro atoms. The Labute approximate surface area is 198 Å². The van der Waals surface area contributed by atoms with E-state index in [-0.39, 0.29) is 17.8 Å². The molecule has 0 saturated heterocycles. The molecule has 35 heavy (non-hydrogen) atoms. The third-order valence-electron chi connectivity index (χ3n) is 5.67. The number of esters is 1. The van der Waals surface area contributed by atoms with Gasteiger partial charge >= 0.3 is 5.97 Å². The molecule has 0 aliphatic carbocycles. The number of hydrogen-bond acceptors (Lipinski definition) is 7. The Morgan fingerprint density at radius 3 is 2.43 bits per heavy atom. The number of hydrogen-bond donors (Lipinski definition) is 1. The van der Waals surface area contributed by atoms with Crippen molar-refractivity contribution in [2.45, 2.75) is 13.5 Å². The second-order valence-electron chi connectivity index (χ2n) is 7.79. The maximum atomic E-state index is 12.8. The molecule has 0 atom stereocenters. The Hall–Kier alpha value is -4.66. The van der Waals surface area contributed by atoms with E-state index in [1.54, 1.807) is 43.3 Å². The number of carbonyl (C=O) groups is 2. The molecule has 9 heteroatoms. The van der Waals surface area contributed by atoms with Gasteiger partial charge in [0.2, 0.25) is 0 Å². The average molecular weight is 471 g/mol. The lowest BCUT2D eigenvalue weighted by molar-refractivity contribution is -0.119. The lowest BCUT2D eigenvalue weighted by Crippen LogP contribution is -2.27. The van der Waals surface area contributed by atoms with Crippen molar-refractivity contribution in [3.05, 3.63) is 76.7 Å². The number of anilines is 1. The van der Waals surface area contributed by atoms with Crippen molar-refractivity contribution in [3.63, 3.8) is 0 Å². The van der Waals surface area contributed by atoms with Crippen molar-refractivity contribution in [1.29, 1.82) is 0 Å². The molecule has 9 nitrogen and oxygen atoms in total. The van der Waals surface area contributed by atoms with Crippen LogP contribution in [0.2, 0.25) is 0 Å². The number of amides is 1. The molecular formula is C26H21N3O6. The molecule has 0 fully saturated rings. The first-order chi connectivity index (χ1) is 17.0. The topological polar surface area (TPSA) is 113 Å². The molecule has 0 bridgehead atoms. The number of fused-ring (bicyclic) bond motifs is 4. The van der Waals surface area contributed by atoms with E-state index in [0.717, 1.165) is 16.4 Å². The number of carbonyl (C=O) groups excluding carboxylic acids is 2. The lowest BCUT2D eigenvalue weighted by Gasteiger charge is -2.11. The highest BCUT2D eigenvalue weighted by Gasteiger charge is 2.20. The molecule has 2 aromatic heterocycles. The number of nitrogens with one attached hydrogen (secondary N) is 1. The first-order valence-corrected chi connectivity index (χ1v) is 11.0. The SMILES string of the molecule is CCn1nc(C(=O)OCC(=O)Nc2cc3oc4ccccc4c3cc2OC)c2ccccc2c1=O. The molecule has 0 unspecified atom stereocenters. The van der Waals surface area contributed by atoms with Crippen molar-refractivity contribution in [3.8, 4) is 5.75 Å². The van der Waals surface area contributed by atoms with E-state index in [0.29, 0.717) is 27.8 Å². The van der Waals surface area contributed by atoms with Crippen LogP contribution in [-0.4, -0.2) is 35.4 Å². The molecule has 2 heterocycles. The van der Waals surface area contributed by atoms with Crippen LogP contribution in [0.3, 0.4) is 0 Å². The van der Waals surface area contributed by atoms with Gasteiger partial charge in [0.15, 0.2) is 12.3 Å². The van der Waals surface area contributed by atoms with Crippen molar-refractivity contribution < 1.29 is 23.5 Å². The Morgan fingerprint density at radius 1 is 0.971 bits per heavy atom. The summed E-state index contributed by atoms with van der Waals surface area (Å²) in [4.78, 5) is 37.9. The second kappa shape index (κ2) is 8.94. The van der Waals surface area contributed by atoms with Gasteiger partial charge in [-0.05, 0) is 25.1 Å². The van der Waals surface area contributed by atoms with Crippen molar-refractivity contribution in [1.82, 2.24) is 9.78 Å². The minimum atomic E-state index is -0.807. The van der Waals surface area contributed by atoms with Gasteiger partial charge in [-0.25, -0.2) is 9.48 Å². The number of para-hydroxylation sites is 1. The van der Waals surface area contributed by atoms with Gasteiger partial charge in [0.05, 0.1) is 18.2 Å². The van der Waals surface area contributed by atoms with Gasteiger partial charge in [0, 0.05) is 28.8 Å². The number of methoxy groups -OCH3 is 1. The van der Waals surface area contributed by atoms with Crippen LogP contribution in [-0.2, 0) is 16.1 Å². The summed E-state index contributed by atoms with van der Waals surface area (Å²) >= 11 is 0. The molecule has 0 aliphatic rings. The smallest absolute Gasteiger partial charge is 0.359 e. The fraction of sp³-hybridized carbons (Fsp3) is 0.154. The van der Waals surface area contributed by atoms with Crippen LogP contribution in [0.25, 0.3) is 32.7 Å². The summed E-state index contributed by atoms with van der Waals surface area (Å²) in [6.07, 6.45) is 0. The van der Waals surface area contributed by atoms with Crippen LogP contribution in [0, 0.1) is 0 Å². The summed E-state index contributed by atoms with van der Waals surface area (Å²) in [5, 5.41) is 9.33. The predicted molar refractivity (Wildman–Crippen MR) is 131 cm³/mol. The largest absolute Gasteiger partial charge is 0.495 e. The van der Waals surface area contributed by atoms with Crippen LogP contribution in [0.15, 0.2) is 69.9 Å². The molecule has 0 radical (unpaired) electrons. The van der Waals surface area contributed by atoms with Crippen LogP contribution < -0.4 is 15.6 Å². The molecule has 5 aromatic rings. The Morgan fingerprint density at radius 2 is 1.69 bits per heavy atom. The van der Waals surface area contributed by atoms with E-state index < -0.39 is 18.5 Å². The highest BCUT2D eigenvalue weighted by molar-refractivity contribution is 6.08. The fourth-order valence-corrected chi connectivity index (χ4v) is 4.00. The number of aromatic nitrogens is 2. The summed E-state index contributed by atoms with van der Waals surface area (Å²) in [7, 11) is 1.50. The zero-order chi connectivity index (χ0) is 24.5. The first-order valence-electron chi connectivity index (χ1n) is 11.0. The van der Waals surface area contributed by atoms with E-state index in [1.165, 1.54) is 11.8 Å². The summed E-state index contributed by atoms with van der Waals surface area (Å²) < 4.78 is 17.7. The summed E-state index contributed by atoms with van der Waals surface area (Å²) in [6.45, 7) is 1.48.